The molecule has 0 radical (unpaired) electrons. The van der Waals surface area contributed by atoms with Gasteiger partial charge in [-0.15, -0.1) is 0 Å². The number of carbonyl (C=O) groups is 1. The minimum atomic E-state index is -0.243. The highest BCUT2D eigenvalue weighted by atomic mass is 16.5. The smallest absolute Gasteiger partial charge is 0.248 e. The third-order valence-electron chi connectivity index (χ3n) is 1.95. The van der Waals surface area contributed by atoms with Crippen molar-refractivity contribution in [1.82, 2.24) is 4.90 Å². The summed E-state index contributed by atoms with van der Waals surface area (Å²) >= 11 is 0. The maximum Gasteiger partial charge on any atom is 0.248 e. The van der Waals surface area contributed by atoms with Crippen molar-refractivity contribution in [3.63, 3.8) is 0 Å². The van der Waals surface area contributed by atoms with E-state index in [1.54, 1.807) is 0 Å². The van der Waals surface area contributed by atoms with E-state index in [4.69, 9.17) is 4.74 Å². The number of rotatable bonds is 5. The zero-order valence-electron chi connectivity index (χ0n) is 11.0. The molecule has 0 saturated carbocycles. The highest BCUT2D eigenvalue weighted by Gasteiger charge is 2.17. The normalized spacial score (nSPS) is 11.9. The lowest BCUT2D eigenvalue weighted by molar-refractivity contribution is -0.141. The molecule has 0 heterocycles. The third-order valence-corrected chi connectivity index (χ3v) is 1.95. The fraction of sp³-hybridized carbons (Fsp3) is 0.917. The molecule has 90 valence electrons. The number of amides is 1. The van der Waals surface area contributed by atoms with Gasteiger partial charge in [0.2, 0.25) is 5.91 Å². The van der Waals surface area contributed by atoms with Crippen LogP contribution in [0.4, 0.5) is 0 Å². The van der Waals surface area contributed by atoms with E-state index in [0.717, 1.165) is 13.1 Å². The molecule has 0 atom stereocenters. The van der Waals surface area contributed by atoms with E-state index in [0.29, 0.717) is 5.92 Å². The van der Waals surface area contributed by atoms with Gasteiger partial charge in [-0.1, -0.05) is 13.8 Å². The standard InChI is InChI=1S/C12H25NO2/c1-7-13(8-10(2)3)11(14)9-15-12(4,5)6/h10H,7-9H2,1-6H3. The molecule has 0 fully saturated rings. The van der Waals surface area contributed by atoms with Gasteiger partial charge in [-0.05, 0) is 33.6 Å². The Balaban J connectivity index is 4.05. The van der Waals surface area contributed by atoms with Crippen molar-refractivity contribution in [2.24, 2.45) is 5.92 Å². The van der Waals surface area contributed by atoms with Crippen LogP contribution in [-0.2, 0) is 9.53 Å². The Labute approximate surface area is 93.8 Å². The van der Waals surface area contributed by atoms with Crippen molar-refractivity contribution in [3.8, 4) is 0 Å². The van der Waals surface area contributed by atoms with Gasteiger partial charge >= 0.3 is 0 Å². The van der Waals surface area contributed by atoms with E-state index >= 15 is 0 Å². The SMILES string of the molecule is CCN(CC(C)C)C(=O)COC(C)(C)C. The molecule has 0 spiro atoms. The minimum Gasteiger partial charge on any atom is -0.366 e. The number of hydrogen-bond acceptors (Lipinski definition) is 2. The van der Waals surface area contributed by atoms with Crippen LogP contribution < -0.4 is 0 Å². The Bertz CT molecular complexity index is 194. The Morgan fingerprint density at radius 2 is 1.87 bits per heavy atom. The Morgan fingerprint density at radius 1 is 1.33 bits per heavy atom. The summed E-state index contributed by atoms with van der Waals surface area (Å²) in [5.41, 5.74) is -0.243. The summed E-state index contributed by atoms with van der Waals surface area (Å²) in [6.07, 6.45) is 0. The van der Waals surface area contributed by atoms with Crippen LogP contribution in [0.5, 0.6) is 0 Å². The lowest BCUT2D eigenvalue weighted by Gasteiger charge is -2.25. The lowest BCUT2D eigenvalue weighted by Crippen LogP contribution is -2.38. The molecule has 0 aromatic rings. The quantitative estimate of drug-likeness (QED) is 0.704. The van der Waals surface area contributed by atoms with Crippen LogP contribution >= 0.6 is 0 Å². The molecule has 0 aromatic carbocycles. The number of likely N-dealkylation sites (N-methyl/N-ethyl adjacent to an activating group) is 1. The Kier molecular flexibility index (Phi) is 5.88. The van der Waals surface area contributed by atoms with E-state index in [-0.39, 0.29) is 18.1 Å². The van der Waals surface area contributed by atoms with Crippen molar-refractivity contribution in [2.75, 3.05) is 19.7 Å². The summed E-state index contributed by atoms with van der Waals surface area (Å²) in [5.74, 6) is 0.588. The first-order valence-electron chi connectivity index (χ1n) is 5.68. The van der Waals surface area contributed by atoms with Crippen molar-refractivity contribution < 1.29 is 9.53 Å². The number of carbonyl (C=O) groups excluding carboxylic acids is 1. The van der Waals surface area contributed by atoms with Crippen LogP contribution in [0.2, 0.25) is 0 Å². The molecule has 3 nitrogen and oxygen atoms in total. The number of ether oxygens (including phenoxy) is 1. The lowest BCUT2D eigenvalue weighted by atomic mass is 10.2. The highest BCUT2D eigenvalue weighted by molar-refractivity contribution is 5.77. The van der Waals surface area contributed by atoms with Gasteiger partial charge in [-0.25, -0.2) is 0 Å². The largest absolute Gasteiger partial charge is 0.366 e. The predicted molar refractivity (Wildman–Crippen MR) is 62.8 cm³/mol. The molecule has 1 amide bonds. The summed E-state index contributed by atoms with van der Waals surface area (Å²) in [6.45, 7) is 13.8. The van der Waals surface area contributed by atoms with Crippen molar-refractivity contribution >= 4 is 5.91 Å². The van der Waals surface area contributed by atoms with Crippen molar-refractivity contribution in [1.29, 1.82) is 0 Å². The summed E-state index contributed by atoms with van der Waals surface area (Å²) < 4.78 is 5.46. The van der Waals surface area contributed by atoms with Gasteiger partial charge in [-0.3, -0.25) is 4.79 Å². The molecule has 0 N–H and O–H groups in total. The van der Waals surface area contributed by atoms with Gasteiger partial charge in [0.15, 0.2) is 0 Å². The van der Waals surface area contributed by atoms with Crippen LogP contribution in [0.3, 0.4) is 0 Å². The van der Waals surface area contributed by atoms with E-state index < -0.39 is 0 Å². The Morgan fingerprint density at radius 3 is 2.20 bits per heavy atom. The van der Waals surface area contributed by atoms with Crippen molar-refractivity contribution in [3.05, 3.63) is 0 Å². The Hall–Kier alpha value is -0.570. The highest BCUT2D eigenvalue weighted by Crippen LogP contribution is 2.07. The summed E-state index contributed by atoms with van der Waals surface area (Å²) in [7, 11) is 0. The second-order valence-electron chi connectivity index (χ2n) is 5.23. The fourth-order valence-electron chi connectivity index (χ4n) is 1.22. The van der Waals surface area contributed by atoms with Crippen LogP contribution in [0.15, 0.2) is 0 Å². The molecule has 0 aliphatic carbocycles. The summed E-state index contributed by atoms with van der Waals surface area (Å²) in [5, 5.41) is 0. The van der Waals surface area contributed by atoms with Crippen molar-refractivity contribution in [2.45, 2.75) is 47.1 Å². The van der Waals surface area contributed by atoms with Crippen LogP contribution in [0, 0.1) is 5.92 Å². The van der Waals surface area contributed by atoms with Crippen LogP contribution in [0.25, 0.3) is 0 Å². The van der Waals surface area contributed by atoms with E-state index in [1.807, 2.05) is 32.6 Å². The molecule has 0 bridgehead atoms. The molecule has 0 aromatic heterocycles. The van der Waals surface area contributed by atoms with Gasteiger partial charge in [0, 0.05) is 13.1 Å². The minimum absolute atomic E-state index is 0.0844. The molecule has 0 aliphatic heterocycles. The van der Waals surface area contributed by atoms with E-state index in [1.165, 1.54) is 0 Å². The first kappa shape index (κ1) is 14.4. The average molecular weight is 215 g/mol. The van der Waals surface area contributed by atoms with Crippen LogP contribution in [-0.4, -0.2) is 36.1 Å². The maximum atomic E-state index is 11.8. The number of hydrogen-bond donors (Lipinski definition) is 0. The molecular weight excluding hydrogens is 190 g/mol. The zero-order valence-corrected chi connectivity index (χ0v) is 11.0. The average Bonchev–Trinajstić information content (AvgIpc) is 2.08. The fourth-order valence-corrected chi connectivity index (χ4v) is 1.22. The molecule has 15 heavy (non-hydrogen) atoms. The van der Waals surface area contributed by atoms with Gasteiger partial charge in [0.1, 0.15) is 6.61 Å². The molecule has 3 heteroatoms. The predicted octanol–water partition coefficient (Wildman–Crippen LogP) is 2.31. The summed E-state index contributed by atoms with van der Waals surface area (Å²) in [6, 6.07) is 0. The first-order chi connectivity index (χ1) is 6.76. The van der Waals surface area contributed by atoms with Gasteiger partial charge in [-0.2, -0.15) is 0 Å². The maximum absolute atomic E-state index is 11.8. The molecular formula is C12H25NO2. The zero-order chi connectivity index (χ0) is 12.1. The second kappa shape index (κ2) is 6.11. The number of nitrogens with zero attached hydrogens (tertiary/aromatic N) is 1. The summed E-state index contributed by atoms with van der Waals surface area (Å²) in [4.78, 5) is 13.6. The van der Waals surface area contributed by atoms with Gasteiger partial charge in [0.05, 0.1) is 5.60 Å². The van der Waals surface area contributed by atoms with Gasteiger partial charge < -0.3 is 9.64 Å². The van der Waals surface area contributed by atoms with E-state index in [2.05, 4.69) is 13.8 Å². The molecule has 0 saturated heterocycles. The molecule has 0 aliphatic rings. The third kappa shape index (κ3) is 7.37. The van der Waals surface area contributed by atoms with Gasteiger partial charge in [0.25, 0.3) is 0 Å². The topological polar surface area (TPSA) is 29.5 Å². The van der Waals surface area contributed by atoms with E-state index in [9.17, 15) is 4.79 Å². The second-order valence-corrected chi connectivity index (χ2v) is 5.23. The molecule has 0 unspecified atom stereocenters. The monoisotopic (exact) mass is 215 g/mol. The molecule has 0 rings (SSSR count). The van der Waals surface area contributed by atoms with Crippen LogP contribution in [0.1, 0.15) is 41.5 Å². The first-order valence-corrected chi connectivity index (χ1v) is 5.68.